The number of benzene rings is 3. The lowest BCUT2D eigenvalue weighted by molar-refractivity contribution is -0.126. The molecular weight excluding hydrogens is 429 g/mol. The summed E-state index contributed by atoms with van der Waals surface area (Å²) in [5.41, 5.74) is 3.42. The van der Waals surface area contributed by atoms with Gasteiger partial charge in [-0.3, -0.25) is 14.5 Å². The van der Waals surface area contributed by atoms with Gasteiger partial charge in [0.25, 0.3) is 5.91 Å². The number of rotatable bonds is 7. The highest BCUT2D eigenvalue weighted by Crippen LogP contribution is 2.28. The minimum Gasteiger partial charge on any atom is -0.352 e. The number of amides is 2. The summed E-state index contributed by atoms with van der Waals surface area (Å²) < 4.78 is 13.0. The van der Waals surface area contributed by atoms with E-state index >= 15 is 0 Å². The molecule has 1 unspecified atom stereocenters. The molecular formula is C28H30FN3O2. The first kappa shape index (κ1) is 23.6. The zero-order chi connectivity index (χ0) is 23.9. The molecule has 1 heterocycles. The lowest BCUT2D eigenvalue weighted by Crippen LogP contribution is -2.41. The van der Waals surface area contributed by atoms with Gasteiger partial charge in [0, 0.05) is 29.8 Å². The van der Waals surface area contributed by atoms with Crippen molar-refractivity contribution >= 4 is 17.5 Å². The number of nitrogens with zero attached hydrogens (tertiary/aromatic N) is 1. The Morgan fingerprint density at radius 2 is 1.68 bits per heavy atom. The predicted molar refractivity (Wildman–Crippen MR) is 132 cm³/mol. The lowest BCUT2D eigenvalue weighted by Gasteiger charge is -2.35. The molecule has 1 saturated heterocycles. The molecule has 6 heteroatoms. The van der Waals surface area contributed by atoms with Gasteiger partial charge in [-0.1, -0.05) is 42.5 Å². The Labute approximate surface area is 200 Å². The highest BCUT2D eigenvalue weighted by molar-refractivity contribution is 6.04. The molecule has 0 spiro atoms. The van der Waals surface area contributed by atoms with Gasteiger partial charge < -0.3 is 10.6 Å². The largest absolute Gasteiger partial charge is 0.352 e. The van der Waals surface area contributed by atoms with Crippen LogP contribution in [-0.2, 0) is 11.3 Å². The van der Waals surface area contributed by atoms with Crippen molar-refractivity contribution < 1.29 is 14.0 Å². The summed E-state index contributed by atoms with van der Waals surface area (Å²) in [7, 11) is 0. The molecule has 0 aromatic heterocycles. The van der Waals surface area contributed by atoms with Crippen molar-refractivity contribution in [2.75, 3.05) is 18.4 Å². The molecule has 0 saturated carbocycles. The van der Waals surface area contributed by atoms with E-state index in [0.29, 0.717) is 12.1 Å². The number of piperidine rings is 1. The summed E-state index contributed by atoms with van der Waals surface area (Å²) in [5, 5.41) is 5.96. The van der Waals surface area contributed by atoms with Crippen LogP contribution in [0.3, 0.4) is 0 Å². The molecule has 4 rings (SSSR count). The summed E-state index contributed by atoms with van der Waals surface area (Å²) in [4.78, 5) is 27.5. The first-order valence-electron chi connectivity index (χ1n) is 11.7. The normalized spacial score (nSPS) is 15.5. The van der Waals surface area contributed by atoms with Crippen LogP contribution in [0.5, 0.6) is 0 Å². The fourth-order valence-corrected chi connectivity index (χ4v) is 4.36. The quantitative estimate of drug-likeness (QED) is 0.513. The van der Waals surface area contributed by atoms with Crippen molar-refractivity contribution in [3.8, 4) is 0 Å². The molecule has 176 valence electrons. The number of carbonyl (C=O) groups is 2. The van der Waals surface area contributed by atoms with E-state index in [2.05, 4.69) is 28.5 Å². The maximum atomic E-state index is 13.0. The van der Waals surface area contributed by atoms with Gasteiger partial charge in [0.05, 0.1) is 0 Å². The smallest absolute Gasteiger partial charge is 0.255 e. The highest BCUT2D eigenvalue weighted by atomic mass is 19.1. The third kappa shape index (κ3) is 6.08. The first-order valence-corrected chi connectivity index (χ1v) is 11.7. The molecule has 1 fully saturated rings. The average Bonchev–Trinajstić information content (AvgIpc) is 2.88. The molecule has 2 amide bonds. The Balaban J connectivity index is 1.28. The molecule has 5 nitrogen and oxygen atoms in total. The molecule has 0 aliphatic carbocycles. The van der Waals surface area contributed by atoms with Crippen LogP contribution in [0, 0.1) is 11.7 Å². The van der Waals surface area contributed by atoms with Crippen molar-refractivity contribution in [2.45, 2.75) is 32.4 Å². The number of anilines is 1. The Bertz CT molecular complexity index is 1110. The lowest BCUT2D eigenvalue weighted by atomic mass is 9.93. The van der Waals surface area contributed by atoms with Crippen molar-refractivity contribution in [2.24, 2.45) is 5.92 Å². The van der Waals surface area contributed by atoms with E-state index in [1.165, 1.54) is 12.1 Å². The second kappa shape index (κ2) is 11.1. The summed E-state index contributed by atoms with van der Waals surface area (Å²) >= 11 is 0. The molecule has 3 aromatic rings. The molecule has 0 bridgehead atoms. The SMILES string of the molecule is CC(c1cccc(NC(=O)c2ccccc2)c1)N1CCC(C(=O)NCc2ccc(F)cc2)CC1. The van der Waals surface area contributed by atoms with Gasteiger partial charge in [0.15, 0.2) is 0 Å². The van der Waals surface area contributed by atoms with Gasteiger partial charge in [0.1, 0.15) is 5.82 Å². The van der Waals surface area contributed by atoms with Crippen LogP contribution in [0.15, 0.2) is 78.9 Å². The van der Waals surface area contributed by atoms with Gasteiger partial charge >= 0.3 is 0 Å². The molecule has 34 heavy (non-hydrogen) atoms. The van der Waals surface area contributed by atoms with Crippen LogP contribution in [0.2, 0.25) is 0 Å². The van der Waals surface area contributed by atoms with Crippen molar-refractivity contribution in [3.63, 3.8) is 0 Å². The summed E-state index contributed by atoms with van der Waals surface area (Å²) in [5.74, 6) is -0.360. The summed E-state index contributed by atoms with van der Waals surface area (Å²) in [6.45, 7) is 4.23. The van der Waals surface area contributed by atoms with Gasteiger partial charge in [-0.25, -0.2) is 4.39 Å². The van der Waals surface area contributed by atoms with Crippen molar-refractivity contribution in [1.82, 2.24) is 10.2 Å². The third-order valence-corrected chi connectivity index (χ3v) is 6.49. The monoisotopic (exact) mass is 459 g/mol. The Kier molecular flexibility index (Phi) is 7.70. The summed E-state index contributed by atoms with van der Waals surface area (Å²) in [6, 6.07) is 23.5. The third-order valence-electron chi connectivity index (χ3n) is 6.49. The Morgan fingerprint density at radius 1 is 0.971 bits per heavy atom. The van der Waals surface area contributed by atoms with E-state index < -0.39 is 0 Å². The second-order valence-electron chi connectivity index (χ2n) is 8.78. The number of hydrogen-bond acceptors (Lipinski definition) is 3. The minimum atomic E-state index is -0.277. The van der Waals surface area contributed by atoms with E-state index in [1.54, 1.807) is 24.3 Å². The van der Waals surface area contributed by atoms with Crippen molar-refractivity contribution in [3.05, 3.63) is 101 Å². The average molecular weight is 460 g/mol. The van der Waals surface area contributed by atoms with E-state index in [-0.39, 0.29) is 29.6 Å². The standard InChI is InChI=1S/C28H30FN3O2/c1-20(24-8-5-9-26(18-24)31-28(34)22-6-3-2-4-7-22)32-16-14-23(15-17-32)27(33)30-19-21-10-12-25(29)13-11-21/h2-13,18,20,23H,14-17,19H2,1H3,(H,30,33)(H,31,34). The molecule has 1 atom stereocenters. The van der Waals surface area contributed by atoms with E-state index in [4.69, 9.17) is 0 Å². The fourth-order valence-electron chi connectivity index (χ4n) is 4.36. The van der Waals surface area contributed by atoms with Crippen LogP contribution in [0.4, 0.5) is 10.1 Å². The number of halogens is 1. The first-order chi connectivity index (χ1) is 16.5. The molecule has 1 aliphatic heterocycles. The number of carbonyl (C=O) groups excluding carboxylic acids is 2. The Hall–Kier alpha value is -3.51. The van der Waals surface area contributed by atoms with Crippen LogP contribution >= 0.6 is 0 Å². The van der Waals surface area contributed by atoms with Gasteiger partial charge in [-0.05, 0) is 80.4 Å². The topological polar surface area (TPSA) is 61.4 Å². The number of hydrogen-bond donors (Lipinski definition) is 2. The summed E-state index contributed by atoms with van der Waals surface area (Å²) in [6.07, 6.45) is 1.59. The molecule has 3 aromatic carbocycles. The zero-order valence-electron chi connectivity index (χ0n) is 19.3. The van der Waals surface area contributed by atoms with Gasteiger partial charge in [-0.15, -0.1) is 0 Å². The maximum Gasteiger partial charge on any atom is 0.255 e. The van der Waals surface area contributed by atoms with Crippen LogP contribution < -0.4 is 10.6 Å². The van der Waals surface area contributed by atoms with E-state index in [1.807, 2.05) is 36.4 Å². The fraction of sp³-hybridized carbons (Fsp3) is 0.286. The van der Waals surface area contributed by atoms with Gasteiger partial charge in [0.2, 0.25) is 5.91 Å². The van der Waals surface area contributed by atoms with Gasteiger partial charge in [-0.2, -0.15) is 0 Å². The molecule has 0 radical (unpaired) electrons. The second-order valence-corrected chi connectivity index (χ2v) is 8.78. The van der Waals surface area contributed by atoms with Crippen molar-refractivity contribution in [1.29, 1.82) is 0 Å². The Morgan fingerprint density at radius 3 is 2.38 bits per heavy atom. The van der Waals surface area contributed by atoms with Crippen LogP contribution in [0.1, 0.15) is 47.3 Å². The number of nitrogens with one attached hydrogen (secondary N) is 2. The van der Waals surface area contributed by atoms with Crippen LogP contribution in [0.25, 0.3) is 0 Å². The van der Waals surface area contributed by atoms with E-state index in [9.17, 15) is 14.0 Å². The highest BCUT2D eigenvalue weighted by Gasteiger charge is 2.27. The minimum absolute atomic E-state index is 0.0135. The van der Waals surface area contributed by atoms with Crippen LogP contribution in [-0.4, -0.2) is 29.8 Å². The van der Waals surface area contributed by atoms with E-state index in [0.717, 1.165) is 42.7 Å². The predicted octanol–water partition coefficient (Wildman–Crippen LogP) is 5.17. The maximum absolute atomic E-state index is 13.0. The zero-order valence-corrected chi connectivity index (χ0v) is 19.3. The molecule has 1 aliphatic rings. The number of likely N-dealkylation sites (tertiary alicyclic amines) is 1. The molecule has 2 N–H and O–H groups in total.